The number of ether oxygens (including phenoxy) is 1. The summed E-state index contributed by atoms with van der Waals surface area (Å²) in [6, 6.07) is 8.02. The van der Waals surface area contributed by atoms with Gasteiger partial charge in [0.05, 0.1) is 12.4 Å². The summed E-state index contributed by atoms with van der Waals surface area (Å²) in [5.41, 5.74) is 1.24. The van der Waals surface area contributed by atoms with E-state index in [4.69, 9.17) is 4.74 Å². The molecule has 94 valence electrons. The van der Waals surface area contributed by atoms with E-state index in [1.54, 1.807) is 19.4 Å². The fraction of sp³-hybridized carbons (Fsp3) is 0.286. The van der Waals surface area contributed by atoms with Crippen molar-refractivity contribution in [2.45, 2.75) is 19.8 Å². The molecule has 0 saturated carbocycles. The topological polar surface area (TPSA) is 47.0 Å². The van der Waals surface area contributed by atoms with Gasteiger partial charge in [-0.1, -0.05) is 26.0 Å². The van der Waals surface area contributed by atoms with E-state index in [2.05, 4.69) is 35.2 Å². The van der Waals surface area contributed by atoms with Crippen LogP contribution >= 0.6 is 0 Å². The first kappa shape index (κ1) is 12.4. The van der Waals surface area contributed by atoms with Gasteiger partial charge >= 0.3 is 0 Å². The molecule has 0 unspecified atom stereocenters. The Bertz CT molecular complexity index is 526. The van der Waals surface area contributed by atoms with Crippen LogP contribution in [0.3, 0.4) is 0 Å². The predicted octanol–water partition coefficient (Wildman–Crippen LogP) is 3.43. The van der Waals surface area contributed by atoms with Gasteiger partial charge in [-0.2, -0.15) is 4.98 Å². The fourth-order valence-corrected chi connectivity index (χ4v) is 1.58. The number of aromatic nitrogens is 2. The Morgan fingerprint density at radius 1 is 1.22 bits per heavy atom. The molecule has 0 aliphatic carbocycles. The number of anilines is 1. The average Bonchev–Trinajstić information content (AvgIpc) is 2.39. The first-order chi connectivity index (χ1) is 8.69. The van der Waals surface area contributed by atoms with E-state index in [0.29, 0.717) is 17.6 Å². The third kappa shape index (κ3) is 2.97. The van der Waals surface area contributed by atoms with Gasteiger partial charge in [-0.25, -0.2) is 0 Å². The van der Waals surface area contributed by atoms with Crippen molar-refractivity contribution < 1.29 is 4.74 Å². The lowest BCUT2D eigenvalue weighted by atomic mass is 10.0. The van der Waals surface area contributed by atoms with Gasteiger partial charge in [0.2, 0.25) is 5.88 Å². The van der Waals surface area contributed by atoms with Crippen LogP contribution in [0.25, 0.3) is 0 Å². The lowest BCUT2D eigenvalue weighted by molar-refractivity contribution is 0.460. The number of nitrogens with one attached hydrogen (secondary N) is 1. The maximum Gasteiger partial charge on any atom is 0.239 e. The molecule has 2 aromatic rings. The molecule has 0 amide bonds. The molecule has 1 aromatic carbocycles. The number of rotatable bonds is 4. The monoisotopic (exact) mass is 243 g/mol. The van der Waals surface area contributed by atoms with Crippen LogP contribution in [0.2, 0.25) is 0 Å². The van der Waals surface area contributed by atoms with E-state index in [0.717, 1.165) is 5.75 Å². The molecule has 0 fully saturated rings. The van der Waals surface area contributed by atoms with E-state index in [1.165, 1.54) is 5.56 Å². The highest BCUT2D eigenvalue weighted by Crippen LogP contribution is 2.24. The molecule has 0 aliphatic heterocycles. The van der Waals surface area contributed by atoms with Gasteiger partial charge in [0.25, 0.3) is 0 Å². The van der Waals surface area contributed by atoms with Crippen molar-refractivity contribution >= 4 is 5.82 Å². The number of nitrogens with zero attached hydrogens (tertiary/aromatic N) is 2. The van der Waals surface area contributed by atoms with Crippen molar-refractivity contribution in [1.82, 2.24) is 9.97 Å². The van der Waals surface area contributed by atoms with Gasteiger partial charge < -0.3 is 10.1 Å². The van der Waals surface area contributed by atoms with Gasteiger partial charge in [-0.15, -0.1) is 0 Å². The molecule has 0 aliphatic rings. The molecular weight excluding hydrogens is 226 g/mol. The van der Waals surface area contributed by atoms with E-state index >= 15 is 0 Å². The van der Waals surface area contributed by atoms with Crippen LogP contribution in [-0.2, 0) is 0 Å². The summed E-state index contributed by atoms with van der Waals surface area (Å²) in [6.45, 7) is 4.31. The van der Waals surface area contributed by atoms with Gasteiger partial charge in [0.15, 0.2) is 0 Å². The summed E-state index contributed by atoms with van der Waals surface area (Å²) in [7, 11) is 1.80. The van der Waals surface area contributed by atoms with Crippen molar-refractivity contribution in [2.75, 3.05) is 12.4 Å². The smallest absolute Gasteiger partial charge is 0.239 e. The van der Waals surface area contributed by atoms with Crippen LogP contribution < -0.4 is 10.1 Å². The molecule has 2 rings (SSSR count). The second-order valence-corrected chi connectivity index (χ2v) is 4.32. The van der Waals surface area contributed by atoms with Gasteiger partial charge in [0.1, 0.15) is 11.6 Å². The SMILES string of the molecule is CNc1cncc(Oc2cccc(C(C)C)c2)n1. The molecule has 0 saturated heterocycles. The number of hydrogen-bond donors (Lipinski definition) is 1. The largest absolute Gasteiger partial charge is 0.437 e. The Labute approximate surface area is 107 Å². The van der Waals surface area contributed by atoms with Gasteiger partial charge in [0, 0.05) is 7.05 Å². The van der Waals surface area contributed by atoms with Crippen LogP contribution in [0, 0.1) is 0 Å². The molecular formula is C14H17N3O. The van der Waals surface area contributed by atoms with E-state index in [1.807, 2.05) is 18.2 Å². The molecule has 0 radical (unpaired) electrons. The molecule has 18 heavy (non-hydrogen) atoms. The second-order valence-electron chi connectivity index (χ2n) is 4.32. The first-order valence-electron chi connectivity index (χ1n) is 5.96. The summed E-state index contributed by atoms with van der Waals surface area (Å²) in [5.74, 6) is 2.43. The van der Waals surface area contributed by atoms with Crippen molar-refractivity contribution in [1.29, 1.82) is 0 Å². The first-order valence-corrected chi connectivity index (χ1v) is 5.96. The minimum atomic E-state index is 0.475. The van der Waals surface area contributed by atoms with Crippen LogP contribution in [0.15, 0.2) is 36.7 Å². The van der Waals surface area contributed by atoms with Crippen LogP contribution in [0.4, 0.5) is 5.82 Å². The Hall–Kier alpha value is -2.10. The Balaban J connectivity index is 2.20. The molecule has 0 atom stereocenters. The Morgan fingerprint density at radius 2 is 2.06 bits per heavy atom. The van der Waals surface area contributed by atoms with Crippen molar-refractivity contribution in [3.8, 4) is 11.6 Å². The molecule has 4 heteroatoms. The number of benzene rings is 1. The van der Waals surface area contributed by atoms with Crippen LogP contribution in [-0.4, -0.2) is 17.0 Å². The number of hydrogen-bond acceptors (Lipinski definition) is 4. The van der Waals surface area contributed by atoms with Crippen molar-refractivity contribution in [2.24, 2.45) is 0 Å². The molecule has 0 spiro atoms. The highest BCUT2D eigenvalue weighted by atomic mass is 16.5. The highest BCUT2D eigenvalue weighted by Gasteiger charge is 2.03. The van der Waals surface area contributed by atoms with Crippen molar-refractivity contribution in [3.05, 3.63) is 42.2 Å². The molecule has 1 N–H and O–H groups in total. The Morgan fingerprint density at radius 3 is 2.78 bits per heavy atom. The van der Waals surface area contributed by atoms with E-state index in [9.17, 15) is 0 Å². The molecule has 0 bridgehead atoms. The maximum atomic E-state index is 5.70. The maximum absolute atomic E-state index is 5.70. The summed E-state index contributed by atoms with van der Waals surface area (Å²) >= 11 is 0. The predicted molar refractivity (Wildman–Crippen MR) is 72.2 cm³/mol. The van der Waals surface area contributed by atoms with Gasteiger partial charge in [-0.05, 0) is 23.6 Å². The quantitative estimate of drug-likeness (QED) is 0.893. The Kier molecular flexibility index (Phi) is 3.77. The zero-order valence-electron chi connectivity index (χ0n) is 10.8. The zero-order chi connectivity index (χ0) is 13.0. The molecule has 1 heterocycles. The third-order valence-corrected chi connectivity index (χ3v) is 2.62. The molecule has 1 aromatic heterocycles. The van der Waals surface area contributed by atoms with Crippen LogP contribution in [0.5, 0.6) is 11.6 Å². The van der Waals surface area contributed by atoms with Crippen molar-refractivity contribution in [3.63, 3.8) is 0 Å². The highest BCUT2D eigenvalue weighted by molar-refractivity contribution is 5.36. The van der Waals surface area contributed by atoms with E-state index in [-0.39, 0.29) is 0 Å². The summed E-state index contributed by atoms with van der Waals surface area (Å²) in [4.78, 5) is 8.32. The molecule has 4 nitrogen and oxygen atoms in total. The minimum absolute atomic E-state index is 0.475. The average molecular weight is 243 g/mol. The summed E-state index contributed by atoms with van der Waals surface area (Å²) in [6.07, 6.45) is 3.25. The lowest BCUT2D eigenvalue weighted by Gasteiger charge is -2.09. The lowest BCUT2D eigenvalue weighted by Crippen LogP contribution is -1.96. The zero-order valence-corrected chi connectivity index (χ0v) is 10.8. The summed E-state index contributed by atoms with van der Waals surface area (Å²) < 4.78 is 5.70. The standard InChI is InChI=1S/C14H17N3O/c1-10(2)11-5-4-6-12(7-11)18-14-9-16-8-13(15-3)17-14/h4-10H,1-3H3,(H,15,17). The van der Waals surface area contributed by atoms with E-state index < -0.39 is 0 Å². The summed E-state index contributed by atoms with van der Waals surface area (Å²) in [5, 5.41) is 2.93. The minimum Gasteiger partial charge on any atom is -0.437 e. The normalized spacial score (nSPS) is 10.4. The third-order valence-electron chi connectivity index (χ3n) is 2.62. The fourth-order valence-electron chi connectivity index (χ4n) is 1.58. The van der Waals surface area contributed by atoms with Gasteiger partial charge in [-0.3, -0.25) is 4.98 Å². The van der Waals surface area contributed by atoms with Crippen LogP contribution in [0.1, 0.15) is 25.3 Å². The second kappa shape index (κ2) is 5.49.